The molecule has 3 rings (SSSR count). The molecule has 4 heteroatoms. The molecule has 2 aromatic rings. The van der Waals surface area contributed by atoms with Crippen LogP contribution in [0.1, 0.15) is 34.5 Å². The average molecular weight is 268 g/mol. The third-order valence-electron chi connectivity index (χ3n) is 3.51. The van der Waals surface area contributed by atoms with Gasteiger partial charge in [0.1, 0.15) is 0 Å². The lowest BCUT2D eigenvalue weighted by Crippen LogP contribution is -2.13. The summed E-state index contributed by atoms with van der Waals surface area (Å²) < 4.78 is 5.09. The van der Waals surface area contributed by atoms with Gasteiger partial charge in [-0.2, -0.15) is 0 Å². The fourth-order valence-corrected chi connectivity index (χ4v) is 2.45. The van der Waals surface area contributed by atoms with Crippen LogP contribution >= 0.6 is 0 Å². The average Bonchev–Trinajstić information content (AvgIpc) is 2.48. The second-order valence-corrected chi connectivity index (χ2v) is 4.96. The summed E-state index contributed by atoms with van der Waals surface area (Å²) in [7, 11) is 1.68. The van der Waals surface area contributed by atoms with Crippen LogP contribution in [0, 0.1) is 0 Å². The SMILES string of the molecule is COCc1ccc(-c2ncc3c(n2)CCCC3=O)cc1. The number of methoxy groups -OCH3 is 1. The Labute approximate surface area is 117 Å². The van der Waals surface area contributed by atoms with Crippen LogP contribution in [-0.2, 0) is 17.8 Å². The molecule has 0 saturated heterocycles. The third-order valence-corrected chi connectivity index (χ3v) is 3.51. The number of benzene rings is 1. The molecule has 0 amide bonds. The highest BCUT2D eigenvalue weighted by Crippen LogP contribution is 2.22. The van der Waals surface area contributed by atoms with Gasteiger partial charge in [-0.05, 0) is 18.4 Å². The number of fused-ring (bicyclic) bond motifs is 1. The van der Waals surface area contributed by atoms with Gasteiger partial charge >= 0.3 is 0 Å². The molecule has 0 saturated carbocycles. The van der Waals surface area contributed by atoms with Crippen LogP contribution < -0.4 is 0 Å². The number of ether oxygens (including phenoxy) is 1. The largest absolute Gasteiger partial charge is 0.380 e. The van der Waals surface area contributed by atoms with Gasteiger partial charge in [0.05, 0.1) is 17.9 Å². The van der Waals surface area contributed by atoms with E-state index >= 15 is 0 Å². The van der Waals surface area contributed by atoms with Crippen molar-refractivity contribution in [1.29, 1.82) is 0 Å². The molecule has 20 heavy (non-hydrogen) atoms. The minimum atomic E-state index is 0.160. The summed E-state index contributed by atoms with van der Waals surface area (Å²) in [6.45, 7) is 0.597. The van der Waals surface area contributed by atoms with E-state index in [0.717, 1.165) is 29.7 Å². The molecule has 1 aliphatic carbocycles. The maximum Gasteiger partial charge on any atom is 0.166 e. The van der Waals surface area contributed by atoms with E-state index in [4.69, 9.17) is 4.74 Å². The number of hydrogen-bond acceptors (Lipinski definition) is 4. The second-order valence-electron chi connectivity index (χ2n) is 4.96. The number of hydrogen-bond donors (Lipinski definition) is 0. The Morgan fingerprint density at radius 1 is 1.20 bits per heavy atom. The molecule has 0 aliphatic heterocycles. The summed E-state index contributed by atoms with van der Waals surface area (Å²) in [5.41, 5.74) is 3.65. The molecular formula is C16H16N2O2. The fourth-order valence-electron chi connectivity index (χ4n) is 2.45. The normalized spacial score (nSPS) is 14.2. The van der Waals surface area contributed by atoms with Crippen LogP contribution in [0.3, 0.4) is 0 Å². The van der Waals surface area contributed by atoms with E-state index < -0.39 is 0 Å². The van der Waals surface area contributed by atoms with Gasteiger partial charge in [-0.3, -0.25) is 4.79 Å². The number of nitrogens with zero attached hydrogens (tertiary/aromatic N) is 2. The molecule has 0 radical (unpaired) electrons. The van der Waals surface area contributed by atoms with E-state index in [1.165, 1.54) is 0 Å². The molecule has 1 aromatic heterocycles. The molecule has 0 spiro atoms. The highest BCUT2D eigenvalue weighted by Gasteiger charge is 2.19. The Balaban J connectivity index is 1.92. The van der Waals surface area contributed by atoms with Crippen LogP contribution in [0.2, 0.25) is 0 Å². The Hall–Kier alpha value is -2.07. The van der Waals surface area contributed by atoms with E-state index in [-0.39, 0.29) is 5.78 Å². The molecule has 0 fully saturated rings. The Morgan fingerprint density at radius 3 is 2.75 bits per heavy atom. The first kappa shape index (κ1) is 12.9. The minimum Gasteiger partial charge on any atom is -0.380 e. The number of rotatable bonds is 3. The van der Waals surface area contributed by atoms with Crippen molar-refractivity contribution in [2.45, 2.75) is 25.9 Å². The number of carbonyl (C=O) groups is 1. The predicted molar refractivity (Wildman–Crippen MR) is 75.4 cm³/mol. The van der Waals surface area contributed by atoms with E-state index in [9.17, 15) is 4.79 Å². The lowest BCUT2D eigenvalue weighted by Gasteiger charge is -2.13. The first-order valence-electron chi connectivity index (χ1n) is 6.75. The Kier molecular flexibility index (Phi) is 3.56. The monoisotopic (exact) mass is 268 g/mol. The summed E-state index contributed by atoms with van der Waals surface area (Å²) >= 11 is 0. The molecule has 0 bridgehead atoms. The molecule has 0 unspecified atom stereocenters. The van der Waals surface area contributed by atoms with Gasteiger partial charge in [0.15, 0.2) is 11.6 Å². The summed E-state index contributed by atoms with van der Waals surface area (Å²) in [6.07, 6.45) is 4.02. The summed E-state index contributed by atoms with van der Waals surface area (Å²) in [5.74, 6) is 0.843. The molecule has 0 N–H and O–H groups in total. The summed E-state index contributed by atoms with van der Waals surface area (Å²) in [4.78, 5) is 20.6. The molecule has 1 aromatic carbocycles. The van der Waals surface area contributed by atoms with Crippen molar-refractivity contribution in [3.63, 3.8) is 0 Å². The molecule has 1 heterocycles. The van der Waals surface area contributed by atoms with Gasteiger partial charge in [0.2, 0.25) is 0 Å². The van der Waals surface area contributed by atoms with E-state index in [1.54, 1.807) is 13.3 Å². The lowest BCUT2D eigenvalue weighted by molar-refractivity contribution is 0.0971. The van der Waals surface area contributed by atoms with Crippen molar-refractivity contribution >= 4 is 5.78 Å². The highest BCUT2D eigenvalue weighted by molar-refractivity contribution is 5.97. The molecule has 4 nitrogen and oxygen atoms in total. The Morgan fingerprint density at radius 2 is 2.00 bits per heavy atom. The van der Waals surface area contributed by atoms with Crippen LogP contribution in [0.15, 0.2) is 30.5 Å². The van der Waals surface area contributed by atoms with Crippen molar-refractivity contribution in [3.05, 3.63) is 47.3 Å². The van der Waals surface area contributed by atoms with Crippen LogP contribution in [0.4, 0.5) is 0 Å². The standard InChI is InChI=1S/C16H16N2O2/c1-20-10-11-5-7-12(8-6-11)16-17-9-13-14(18-16)3-2-4-15(13)19/h5-9H,2-4,10H2,1H3. The second kappa shape index (κ2) is 5.51. The van der Waals surface area contributed by atoms with Gasteiger partial charge in [-0.15, -0.1) is 0 Å². The van der Waals surface area contributed by atoms with E-state index in [1.807, 2.05) is 24.3 Å². The summed E-state index contributed by atoms with van der Waals surface area (Å²) in [6, 6.07) is 7.99. The number of carbonyl (C=O) groups excluding carboxylic acids is 1. The molecule has 1 aliphatic rings. The lowest BCUT2D eigenvalue weighted by atomic mass is 9.96. The van der Waals surface area contributed by atoms with Gasteiger partial charge in [-0.25, -0.2) is 9.97 Å². The smallest absolute Gasteiger partial charge is 0.166 e. The number of aromatic nitrogens is 2. The Bertz CT molecular complexity index is 635. The highest BCUT2D eigenvalue weighted by atomic mass is 16.5. The summed E-state index contributed by atoms with van der Waals surface area (Å²) in [5, 5.41) is 0. The van der Waals surface area contributed by atoms with E-state index in [2.05, 4.69) is 9.97 Å². The van der Waals surface area contributed by atoms with Crippen molar-refractivity contribution in [2.75, 3.05) is 7.11 Å². The number of ketones is 1. The fraction of sp³-hybridized carbons (Fsp3) is 0.312. The zero-order valence-corrected chi connectivity index (χ0v) is 11.4. The maximum atomic E-state index is 11.8. The zero-order chi connectivity index (χ0) is 13.9. The van der Waals surface area contributed by atoms with Crippen molar-refractivity contribution in [1.82, 2.24) is 9.97 Å². The van der Waals surface area contributed by atoms with Crippen LogP contribution in [0.25, 0.3) is 11.4 Å². The van der Waals surface area contributed by atoms with Gasteiger partial charge in [0.25, 0.3) is 0 Å². The van der Waals surface area contributed by atoms with E-state index in [0.29, 0.717) is 24.4 Å². The predicted octanol–water partition coefficient (Wildman–Crippen LogP) is 2.81. The topological polar surface area (TPSA) is 52.1 Å². The first-order chi connectivity index (χ1) is 9.78. The number of Topliss-reactive ketones (excluding diaryl/α,β-unsaturated/α-hetero) is 1. The molecule has 0 atom stereocenters. The van der Waals surface area contributed by atoms with Crippen molar-refractivity contribution in [3.8, 4) is 11.4 Å². The van der Waals surface area contributed by atoms with Gasteiger partial charge < -0.3 is 4.74 Å². The third kappa shape index (κ3) is 2.47. The number of aryl methyl sites for hydroxylation is 1. The molecular weight excluding hydrogens is 252 g/mol. The first-order valence-corrected chi connectivity index (χ1v) is 6.75. The minimum absolute atomic E-state index is 0.160. The zero-order valence-electron chi connectivity index (χ0n) is 11.4. The van der Waals surface area contributed by atoms with Crippen LogP contribution in [0.5, 0.6) is 0 Å². The molecule has 102 valence electrons. The van der Waals surface area contributed by atoms with Crippen LogP contribution in [-0.4, -0.2) is 22.9 Å². The maximum absolute atomic E-state index is 11.8. The van der Waals surface area contributed by atoms with Crippen molar-refractivity contribution < 1.29 is 9.53 Å². The van der Waals surface area contributed by atoms with Crippen molar-refractivity contribution in [2.24, 2.45) is 0 Å². The van der Waals surface area contributed by atoms with Gasteiger partial charge in [0, 0.05) is 25.3 Å². The quantitative estimate of drug-likeness (QED) is 0.859. The van der Waals surface area contributed by atoms with Gasteiger partial charge in [-0.1, -0.05) is 24.3 Å².